The molecule has 0 aliphatic rings. The van der Waals surface area contributed by atoms with Gasteiger partial charge in [0.15, 0.2) is 0 Å². The lowest BCUT2D eigenvalue weighted by molar-refractivity contribution is 0.199. The van der Waals surface area contributed by atoms with E-state index >= 15 is 0 Å². The number of halogens is 1. The minimum atomic E-state index is 0.625. The van der Waals surface area contributed by atoms with Gasteiger partial charge in [0.2, 0.25) is 0 Å². The molecule has 0 saturated heterocycles. The van der Waals surface area contributed by atoms with E-state index in [9.17, 15) is 0 Å². The number of hydrogen-bond acceptors (Lipinski definition) is 5. The van der Waals surface area contributed by atoms with Crippen LogP contribution in [0.25, 0.3) is 0 Å². The summed E-state index contributed by atoms with van der Waals surface area (Å²) in [5, 5.41) is 4.65. The van der Waals surface area contributed by atoms with Crippen molar-refractivity contribution >= 4 is 23.4 Å². The standard InChI is InChI=1S/C13H15ClN2O2S/c1-17-6-4-15-9-10-8-11(14)2-3-12(10)19-13-16-5-7-18-13/h2-3,5,7-8,15H,4,6,9H2,1H3. The van der Waals surface area contributed by atoms with Crippen molar-refractivity contribution in [2.24, 2.45) is 0 Å². The first-order chi connectivity index (χ1) is 9.29. The van der Waals surface area contributed by atoms with Gasteiger partial charge >= 0.3 is 0 Å². The van der Waals surface area contributed by atoms with Gasteiger partial charge in [-0.25, -0.2) is 4.98 Å². The van der Waals surface area contributed by atoms with E-state index < -0.39 is 0 Å². The summed E-state index contributed by atoms with van der Waals surface area (Å²) in [6, 6.07) is 5.79. The molecule has 2 aromatic rings. The van der Waals surface area contributed by atoms with Gasteiger partial charge < -0.3 is 14.5 Å². The van der Waals surface area contributed by atoms with Gasteiger partial charge in [0.25, 0.3) is 5.22 Å². The molecular weight excluding hydrogens is 284 g/mol. The highest BCUT2D eigenvalue weighted by Gasteiger charge is 2.08. The Morgan fingerprint density at radius 2 is 2.37 bits per heavy atom. The minimum Gasteiger partial charge on any atom is -0.440 e. The van der Waals surface area contributed by atoms with Gasteiger partial charge in [-0.05, 0) is 35.5 Å². The van der Waals surface area contributed by atoms with Crippen LogP contribution in [0.4, 0.5) is 0 Å². The zero-order valence-electron chi connectivity index (χ0n) is 10.6. The summed E-state index contributed by atoms with van der Waals surface area (Å²) in [5.41, 5.74) is 1.12. The molecule has 0 aliphatic carbocycles. The van der Waals surface area contributed by atoms with E-state index in [1.807, 2.05) is 18.2 Å². The first-order valence-electron chi connectivity index (χ1n) is 5.85. The van der Waals surface area contributed by atoms with Crippen molar-refractivity contribution < 1.29 is 9.15 Å². The molecule has 1 aromatic carbocycles. The molecule has 0 saturated carbocycles. The van der Waals surface area contributed by atoms with Crippen molar-refractivity contribution in [3.8, 4) is 0 Å². The molecule has 4 nitrogen and oxygen atoms in total. The number of nitrogens with one attached hydrogen (secondary N) is 1. The molecule has 1 N–H and O–H groups in total. The fourth-order valence-electron chi connectivity index (χ4n) is 1.54. The molecule has 2 rings (SSSR count). The van der Waals surface area contributed by atoms with Crippen LogP contribution in [0, 0.1) is 0 Å². The lowest BCUT2D eigenvalue weighted by Crippen LogP contribution is -2.18. The Hall–Kier alpha value is -1.01. The van der Waals surface area contributed by atoms with Crippen LogP contribution in [0.5, 0.6) is 0 Å². The summed E-state index contributed by atoms with van der Waals surface area (Å²) in [7, 11) is 1.69. The second-order valence-corrected chi connectivity index (χ2v) is 5.25. The number of nitrogens with zero attached hydrogens (tertiary/aromatic N) is 1. The second kappa shape index (κ2) is 7.55. The van der Waals surface area contributed by atoms with Gasteiger partial charge in [0.05, 0.1) is 12.8 Å². The van der Waals surface area contributed by atoms with Crippen molar-refractivity contribution in [2.45, 2.75) is 16.7 Å². The number of benzene rings is 1. The predicted molar refractivity (Wildman–Crippen MR) is 75.7 cm³/mol. The van der Waals surface area contributed by atoms with Gasteiger partial charge in [-0.15, -0.1) is 0 Å². The van der Waals surface area contributed by atoms with Crippen molar-refractivity contribution in [1.82, 2.24) is 10.3 Å². The number of aromatic nitrogens is 1. The van der Waals surface area contributed by atoms with E-state index in [2.05, 4.69) is 10.3 Å². The first kappa shape index (κ1) is 14.4. The molecule has 1 aromatic heterocycles. The highest BCUT2D eigenvalue weighted by atomic mass is 35.5. The molecule has 0 spiro atoms. The van der Waals surface area contributed by atoms with E-state index in [0.29, 0.717) is 11.8 Å². The highest BCUT2D eigenvalue weighted by Crippen LogP contribution is 2.30. The minimum absolute atomic E-state index is 0.625. The third-order valence-electron chi connectivity index (χ3n) is 2.43. The monoisotopic (exact) mass is 298 g/mol. The van der Waals surface area contributed by atoms with Gasteiger partial charge in [0, 0.05) is 30.1 Å². The Morgan fingerprint density at radius 3 is 3.11 bits per heavy atom. The summed E-state index contributed by atoms with van der Waals surface area (Å²) < 4.78 is 10.2. The molecule has 102 valence electrons. The Bertz CT molecular complexity index is 505. The van der Waals surface area contributed by atoms with Crippen molar-refractivity contribution in [3.63, 3.8) is 0 Å². The summed E-state index contributed by atoms with van der Waals surface area (Å²) in [5.74, 6) is 0. The van der Waals surface area contributed by atoms with E-state index in [1.54, 1.807) is 19.6 Å². The number of oxazole rings is 1. The molecule has 6 heteroatoms. The van der Waals surface area contributed by atoms with Crippen LogP contribution in [-0.2, 0) is 11.3 Å². The fourth-order valence-corrected chi connectivity index (χ4v) is 2.54. The highest BCUT2D eigenvalue weighted by molar-refractivity contribution is 7.99. The third kappa shape index (κ3) is 4.54. The third-order valence-corrected chi connectivity index (χ3v) is 3.66. The predicted octanol–water partition coefficient (Wildman–Crippen LogP) is 3.22. The van der Waals surface area contributed by atoms with Crippen molar-refractivity contribution in [1.29, 1.82) is 0 Å². The van der Waals surface area contributed by atoms with Gasteiger partial charge in [-0.2, -0.15) is 0 Å². The first-order valence-corrected chi connectivity index (χ1v) is 7.04. The molecule has 19 heavy (non-hydrogen) atoms. The van der Waals surface area contributed by atoms with E-state index in [4.69, 9.17) is 20.8 Å². The molecule has 0 aliphatic heterocycles. The lowest BCUT2D eigenvalue weighted by atomic mass is 10.2. The van der Waals surface area contributed by atoms with Crippen molar-refractivity contribution in [2.75, 3.05) is 20.3 Å². The number of ether oxygens (including phenoxy) is 1. The average molecular weight is 299 g/mol. The fraction of sp³-hybridized carbons (Fsp3) is 0.308. The molecule has 0 unspecified atom stereocenters. The van der Waals surface area contributed by atoms with Crippen LogP contribution >= 0.6 is 23.4 Å². The largest absolute Gasteiger partial charge is 0.440 e. The zero-order valence-corrected chi connectivity index (χ0v) is 12.1. The normalized spacial score (nSPS) is 10.8. The number of methoxy groups -OCH3 is 1. The van der Waals surface area contributed by atoms with Gasteiger partial charge in [-0.1, -0.05) is 11.6 Å². The zero-order chi connectivity index (χ0) is 13.5. The smallest absolute Gasteiger partial charge is 0.260 e. The van der Waals surface area contributed by atoms with Crippen LogP contribution in [0.1, 0.15) is 5.56 Å². The van der Waals surface area contributed by atoms with Gasteiger partial charge in [-0.3, -0.25) is 0 Å². The van der Waals surface area contributed by atoms with Gasteiger partial charge in [0.1, 0.15) is 6.26 Å². The summed E-state index contributed by atoms with van der Waals surface area (Å²) in [6.07, 6.45) is 3.20. The second-order valence-electron chi connectivity index (χ2n) is 3.82. The number of rotatable bonds is 7. The van der Waals surface area contributed by atoms with Crippen molar-refractivity contribution in [3.05, 3.63) is 41.2 Å². The quantitative estimate of drug-likeness (QED) is 0.795. The lowest BCUT2D eigenvalue weighted by Gasteiger charge is -2.09. The Labute approximate surface area is 121 Å². The van der Waals surface area contributed by atoms with Crippen LogP contribution in [0.2, 0.25) is 5.02 Å². The maximum Gasteiger partial charge on any atom is 0.260 e. The molecule has 1 heterocycles. The maximum absolute atomic E-state index is 6.04. The number of hydrogen-bond donors (Lipinski definition) is 1. The van der Waals surface area contributed by atoms with E-state index in [-0.39, 0.29) is 0 Å². The topological polar surface area (TPSA) is 47.3 Å². The summed E-state index contributed by atoms with van der Waals surface area (Å²) >= 11 is 7.52. The molecule has 0 bridgehead atoms. The van der Waals surface area contributed by atoms with E-state index in [1.165, 1.54) is 11.8 Å². The Kier molecular flexibility index (Phi) is 5.72. The molecule has 0 fully saturated rings. The Morgan fingerprint density at radius 1 is 1.47 bits per heavy atom. The molecule has 0 amide bonds. The summed E-state index contributed by atoms with van der Waals surface area (Å²) in [6.45, 7) is 2.21. The molecule has 0 radical (unpaired) electrons. The van der Waals surface area contributed by atoms with Crippen LogP contribution in [0.15, 0.2) is 45.2 Å². The molecular formula is C13H15ClN2O2S. The van der Waals surface area contributed by atoms with Crippen LogP contribution in [-0.4, -0.2) is 25.2 Å². The Balaban J connectivity index is 2.04. The average Bonchev–Trinajstić information content (AvgIpc) is 2.90. The SMILES string of the molecule is COCCNCc1cc(Cl)ccc1Sc1ncco1. The summed E-state index contributed by atoms with van der Waals surface area (Å²) in [4.78, 5) is 5.19. The van der Waals surface area contributed by atoms with E-state index in [0.717, 1.165) is 28.6 Å². The maximum atomic E-state index is 6.04. The van der Waals surface area contributed by atoms with Crippen LogP contribution < -0.4 is 5.32 Å². The molecule has 0 atom stereocenters. The van der Waals surface area contributed by atoms with Crippen LogP contribution in [0.3, 0.4) is 0 Å².